The Bertz CT molecular complexity index is 370. The molecule has 0 aromatic heterocycles. The van der Waals surface area contributed by atoms with Gasteiger partial charge in [-0.15, -0.1) is 0 Å². The molecule has 0 amide bonds. The van der Waals surface area contributed by atoms with Gasteiger partial charge in [0, 0.05) is 4.47 Å². The molecule has 1 aromatic carbocycles. The Balaban J connectivity index is 2.79. The zero-order chi connectivity index (χ0) is 13.0. The summed E-state index contributed by atoms with van der Waals surface area (Å²) in [7, 11) is 0. The van der Waals surface area contributed by atoms with E-state index in [-0.39, 0.29) is 11.7 Å². The molecule has 0 spiro atoms. The quantitative estimate of drug-likeness (QED) is 0.878. The highest BCUT2D eigenvalue weighted by Gasteiger charge is 2.22. The van der Waals surface area contributed by atoms with Gasteiger partial charge in [-0.2, -0.15) is 0 Å². The highest BCUT2D eigenvalue weighted by molar-refractivity contribution is 9.10. The van der Waals surface area contributed by atoms with Crippen molar-refractivity contribution in [3.05, 3.63) is 34.1 Å². The monoisotopic (exact) mass is 303 g/mol. The van der Waals surface area contributed by atoms with Crippen molar-refractivity contribution >= 4 is 15.9 Å². The van der Waals surface area contributed by atoms with Crippen LogP contribution in [0.1, 0.15) is 19.4 Å². The van der Waals surface area contributed by atoms with E-state index in [1.165, 1.54) is 12.1 Å². The second-order valence-electron chi connectivity index (χ2n) is 4.65. The molecular weight excluding hydrogens is 285 g/mol. The molecule has 0 aliphatic carbocycles. The Morgan fingerprint density at radius 1 is 1.41 bits per heavy atom. The molecule has 0 saturated heterocycles. The first-order chi connectivity index (χ1) is 7.95. The van der Waals surface area contributed by atoms with Crippen LogP contribution in [-0.2, 0) is 6.42 Å². The van der Waals surface area contributed by atoms with Crippen molar-refractivity contribution in [3.63, 3.8) is 0 Å². The molecular formula is C13H19BrFNO. The van der Waals surface area contributed by atoms with Gasteiger partial charge >= 0.3 is 0 Å². The normalized spacial score (nSPS) is 15.0. The number of halogens is 2. The summed E-state index contributed by atoms with van der Waals surface area (Å²) in [5.74, 6) is 0.0525. The first kappa shape index (κ1) is 14.6. The van der Waals surface area contributed by atoms with Crippen LogP contribution in [0.15, 0.2) is 22.7 Å². The smallest absolute Gasteiger partial charge is 0.123 e. The summed E-state index contributed by atoms with van der Waals surface area (Å²) in [5.41, 5.74) is 6.43. The number of hydrogen-bond acceptors (Lipinski definition) is 2. The van der Waals surface area contributed by atoms with E-state index < -0.39 is 6.10 Å². The first-order valence-corrected chi connectivity index (χ1v) is 6.57. The zero-order valence-corrected chi connectivity index (χ0v) is 11.7. The maximum Gasteiger partial charge on any atom is 0.123 e. The second kappa shape index (κ2) is 6.47. The standard InChI is InChI=1S/C13H19BrFNO/c1-8(2)11(7-16)13(17)6-9-5-10(15)3-4-12(9)14/h3-5,8,11,13,17H,6-7,16H2,1-2H3. The largest absolute Gasteiger partial charge is 0.392 e. The Morgan fingerprint density at radius 2 is 2.06 bits per heavy atom. The van der Waals surface area contributed by atoms with Crippen molar-refractivity contribution in [2.24, 2.45) is 17.6 Å². The van der Waals surface area contributed by atoms with Crippen molar-refractivity contribution in [2.75, 3.05) is 6.54 Å². The number of hydrogen-bond donors (Lipinski definition) is 2. The molecule has 0 radical (unpaired) electrons. The summed E-state index contributed by atoms with van der Waals surface area (Å²) in [6.45, 7) is 4.49. The predicted octanol–water partition coefficient (Wildman–Crippen LogP) is 2.72. The Hall–Kier alpha value is -0.450. The molecule has 2 nitrogen and oxygen atoms in total. The SMILES string of the molecule is CC(C)C(CN)C(O)Cc1cc(F)ccc1Br. The summed E-state index contributed by atoms with van der Waals surface area (Å²) in [6.07, 6.45) is -0.128. The van der Waals surface area contributed by atoms with Gasteiger partial charge in [-0.3, -0.25) is 0 Å². The average molecular weight is 304 g/mol. The van der Waals surface area contributed by atoms with Crippen LogP contribution in [0.25, 0.3) is 0 Å². The molecule has 96 valence electrons. The van der Waals surface area contributed by atoms with Crippen molar-refractivity contribution in [2.45, 2.75) is 26.4 Å². The first-order valence-electron chi connectivity index (χ1n) is 5.77. The van der Waals surface area contributed by atoms with E-state index in [1.807, 2.05) is 13.8 Å². The highest BCUT2D eigenvalue weighted by Crippen LogP contribution is 2.23. The molecule has 0 fully saturated rings. The van der Waals surface area contributed by atoms with E-state index in [4.69, 9.17) is 5.73 Å². The molecule has 0 aliphatic rings. The van der Waals surface area contributed by atoms with Gasteiger partial charge in [0.15, 0.2) is 0 Å². The van der Waals surface area contributed by atoms with Gasteiger partial charge in [0.25, 0.3) is 0 Å². The van der Waals surface area contributed by atoms with Gasteiger partial charge in [0.1, 0.15) is 5.82 Å². The fourth-order valence-corrected chi connectivity index (χ4v) is 2.36. The lowest BCUT2D eigenvalue weighted by Gasteiger charge is -2.25. The third-order valence-corrected chi connectivity index (χ3v) is 3.83. The number of nitrogens with two attached hydrogens (primary N) is 1. The van der Waals surface area contributed by atoms with Gasteiger partial charge in [0.2, 0.25) is 0 Å². The van der Waals surface area contributed by atoms with Gasteiger partial charge in [-0.25, -0.2) is 4.39 Å². The minimum Gasteiger partial charge on any atom is -0.392 e. The van der Waals surface area contributed by atoms with Crippen LogP contribution in [0, 0.1) is 17.7 Å². The van der Waals surface area contributed by atoms with Gasteiger partial charge in [-0.05, 0) is 48.6 Å². The highest BCUT2D eigenvalue weighted by atomic mass is 79.9. The molecule has 1 rings (SSSR count). The van der Waals surface area contributed by atoms with Crippen LogP contribution in [0.4, 0.5) is 4.39 Å². The third-order valence-electron chi connectivity index (χ3n) is 3.06. The van der Waals surface area contributed by atoms with Crippen LogP contribution < -0.4 is 5.73 Å². The molecule has 3 N–H and O–H groups in total. The average Bonchev–Trinajstić information content (AvgIpc) is 2.24. The fourth-order valence-electron chi connectivity index (χ4n) is 1.95. The van der Waals surface area contributed by atoms with E-state index >= 15 is 0 Å². The molecule has 0 heterocycles. The number of aliphatic hydroxyl groups is 1. The Labute approximate surface area is 110 Å². The summed E-state index contributed by atoms with van der Waals surface area (Å²) < 4.78 is 13.9. The van der Waals surface area contributed by atoms with Crippen LogP contribution in [-0.4, -0.2) is 17.8 Å². The topological polar surface area (TPSA) is 46.2 Å². The van der Waals surface area contributed by atoms with Gasteiger partial charge in [0.05, 0.1) is 6.10 Å². The van der Waals surface area contributed by atoms with Crippen molar-refractivity contribution in [1.29, 1.82) is 0 Å². The number of aliphatic hydroxyl groups excluding tert-OH is 1. The lowest BCUT2D eigenvalue weighted by molar-refractivity contribution is 0.0861. The fraction of sp³-hybridized carbons (Fsp3) is 0.538. The van der Waals surface area contributed by atoms with E-state index in [0.717, 1.165) is 10.0 Å². The van der Waals surface area contributed by atoms with Crippen molar-refractivity contribution in [1.82, 2.24) is 0 Å². The van der Waals surface area contributed by atoms with Crippen LogP contribution >= 0.6 is 15.9 Å². The van der Waals surface area contributed by atoms with Gasteiger partial charge in [-0.1, -0.05) is 29.8 Å². The lowest BCUT2D eigenvalue weighted by atomic mass is 9.87. The van der Waals surface area contributed by atoms with E-state index in [9.17, 15) is 9.50 Å². The lowest BCUT2D eigenvalue weighted by Crippen LogP contribution is -2.33. The summed E-state index contributed by atoms with van der Waals surface area (Å²) in [6, 6.07) is 4.49. The van der Waals surface area contributed by atoms with Crippen molar-refractivity contribution < 1.29 is 9.50 Å². The molecule has 17 heavy (non-hydrogen) atoms. The summed E-state index contributed by atoms with van der Waals surface area (Å²) >= 11 is 3.36. The van der Waals surface area contributed by atoms with E-state index in [0.29, 0.717) is 18.9 Å². The van der Waals surface area contributed by atoms with E-state index in [1.54, 1.807) is 6.07 Å². The summed E-state index contributed by atoms with van der Waals surface area (Å²) in [5, 5.41) is 10.1. The molecule has 2 unspecified atom stereocenters. The van der Waals surface area contributed by atoms with Gasteiger partial charge < -0.3 is 10.8 Å². The maximum absolute atomic E-state index is 13.1. The van der Waals surface area contributed by atoms with Crippen LogP contribution in [0.5, 0.6) is 0 Å². The maximum atomic E-state index is 13.1. The van der Waals surface area contributed by atoms with E-state index in [2.05, 4.69) is 15.9 Å². The number of rotatable bonds is 5. The molecule has 2 atom stereocenters. The second-order valence-corrected chi connectivity index (χ2v) is 5.51. The molecule has 4 heteroatoms. The van der Waals surface area contributed by atoms with Crippen molar-refractivity contribution in [3.8, 4) is 0 Å². The zero-order valence-electron chi connectivity index (χ0n) is 10.2. The predicted molar refractivity (Wildman–Crippen MR) is 71.2 cm³/mol. The third kappa shape index (κ3) is 4.05. The minimum atomic E-state index is -0.543. The molecule has 0 saturated carbocycles. The molecule has 0 bridgehead atoms. The Morgan fingerprint density at radius 3 is 2.59 bits per heavy atom. The minimum absolute atomic E-state index is 0.0326. The summed E-state index contributed by atoms with van der Waals surface area (Å²) in [4.78, 5) is 0. The number of benzene rings is 1. The molecule has 0 aliphatic heterocycles. The van der Waals surface area contributed by atoms with Crippen LogP contribution in [0.2, 0.25) is 0 Å². The molecule has 1 aromatic rings. The van der Waals surface area contributed by atoms with Crippen LogP contribution in [0.3, 0.4) is 0 Å². The Kier molecular flexibility index (Phi) is 5.56.